The first kappa shape index (κ1) is 16.4. The number of ether oxygens (including phenoxy) is 1. The maximum atomic E-state index is 5.88. The molecule has 128 valence electrons. The molecule has 4 nitrogen and oxygen atoms in total. The van der Waals surface area contributed by atoms with Gasteiger partial charge in [-0.15, -0.1) is 0 Å². The molecule has 0 saturated heterocycles. The standard InChI is InChI=1S/C20H21N3OS/c1-23(2)11-12-24-13-16-19-14-7-3-5-9-17(14)25-18-10-6-4-8-15(18)20(19)22-21-16/h3-10H,11-13H2,1-2H3,(H,21,22). The SMILES string of the molecule is CN(C)CCOCc1[nH]nc2c1-c1ccccc1Sc1ccccc1-2. The molecule has 1 N–H and O–H groups in total. The summed E-state index contributed by atoms with van der Waals surface area (Å²) in [6, 6.07) is 17.0. The van der Waals surface area contributed by atoms with Gasteiger partial charge in [-0.25, -0.2) is 0 Å². The van der Waals surface area contributed by atoms with E-state index in [-0.39, 0.29) is 0 Å². The van der Waals surface area contributed by atoms with Crippen LogP contribution in [0.1, 0.15) is 5.69 Å². The van der Waals surface area contributed by atoms with Crippen LogP contribution in [0.3, 0.4) is 0 Å². The van der Waals surface area contributed by atoms with Gasteiger partial charge < -0.3 is 9.64 Å². The summed E-state index contributed by atoms with van der Waals surface area (Å²) in [5, 5.41) is 7.86. The Morgan fingerprint density at radius 1 is 1.00 bits per heavy atom. The Kier molecular flexibility index (Phi) is 4.61. The lowest BCUT2D eigenvalue weighted by Crippen LogP contribution is -2.18. The minimum atomic E-state index is 0.539. The molecule has 0 spiro atoms. The predicted molar refractivity (Wildman–Crippen MR) is 102 cm³/mol. The number of nitrogens with one attached hydrogen (secondary N) is 1. The Hall–Kier alpha value is -2.08. The first-order valence-electron chi connectivity index (χ1n) is 8.40. The van der Waals surface area contributed by atoms with Crippen LogP contribution in [0.2, 0.25) is 0 Å². The monoisotopic (exact) mass is 351 g/mol. The van der Waals surface area contributed by atoms with E-state index in [1.165, 1.54) is 20.9 Å². The van der Waals surface area contributed by atoms with Gasteiger partial charge >= 0.3 is 0 Å². The Bertz CT molecular complexity index is 888. The molecule has 0 radical (unpaired) electrons. The van der Waals surface area contributed by atoms with E-state index < -0.39 is 0 Å². The molecule has 2 aromatic carbocycles. The summed E-state index contributed by atoms with van der Waals surface area (Å²) < 4.78 is 5.88. The van der Waals surface area contributed by atoms with Gasteiger partial charge in [-0.05, 0) is 31.8 Å². The Labute approximate surface area is 152 Å². The summed E-state index contributed by atoms with van der Waals surface area (Å²) in [7, 11) is 4.10. The van der Waals surface area contributed by atoms with E-state index in [0.29, 0.717) is 13.2 Å². The number of H-pyrrole nitrogens is 1. The second kappa shape index (κ2) is 7.04. The van der Waals surface area contributed by atoms with Crippen molar-refractivity contribution in [2.75, 3.05) is 27.2 Å². The summed E-state index contributed by atoms with van der Waals surface area (Å²) in [6.07, 6.45) is 0. The van der Waals surface area contributed by atoms with Crippen LogP contribution in [0.15, 0.2) is 58.3 Å². The smallest absolute Gasteiger partial charge is 0.101 e. The molecule has 0 amide bonds. The van der Waals surface area contributed by atoms with Gasteiger partial charge in [0.05, 0.1) is 18.9 Å². The van der Waals surface area contributed by atoms with Gasteiger partial charge in [-0.2, -0.15) is 5.10 Å². The molecular formula is C20H21N3OS. The number of fused-ring (bicyclic) bond motifs is 5. The third kappa shape index (κ3) is 3.23. The lowest BCUT2D eigenvalue weighted by Gasteiger charge is -2.11. The zero-order valence-corrected chi connectivity index (χ0v) is 15.3. The van der Waals surface area contributed by atoms with Crippen molar-refractivity contribution in [1.29, 1.82) is 0 Å². The van der Waals surface area contributed by atoms with E-state index in [0.717, 1.165) is 23.5 Å². The molecular weight excluding hydrogens is 330 g/mol. The molecule has 0 atom stereocenters. The molecule has 1 aromatic heterocycles. The minimum absolute atomic E-state index is 0.539. The van der Waals surface area contributed by atoms with E-state index >= 15 is 0 Å². The fourth-order valence-electron chi connectivity index (χ4n) is 3.02. The third-order valence-corrected chi connectivity index (χ3v) is 5.44. The van der Waals surface area contributed by atoms with Gasteiger partial charge in [0, 0.05) is 27.5 Å². The van der Waals surface area contributed by atoms with Crippen molar-refractivity contribution in [3.05, 3.63) is 54.2 Å². The van der Waals surface area contributed by atoms with Gasteiger partial charge in [0.2, 0.25) is 0 Å². The summed E-state index contributed by atoms with van der Waals surface area (Å²) in [5.41, 5.74) is 5.61. The van der Waals surface area contributed by atoms with Crippen molar-refractivity contribution in [3.63, 3.8) is 0 Å². The largest absolute Gasteiger partial charge is 0.374 e. The van der Waals surface area contributed by atoms with Gasteiger partial charge in [0.1, 0.15) is 5.69 Å². The summed E-state index contributed by atoms with van der Waals surface area (Å²) in [5.74, 6) is 0. The van der Waals surface area contributed by atoms with Crippen molar-refractivity contribution in [2.45, 2.75) is 16.4 Å². The van der Waals surface area contributed by atoms with Crippen molar-refractivity contribution < 1.29 is 4.74 Å². The van der Waals surface area contributed by atoms with Crippen LogP contribution in [0.25, 0.3) is 22.4 Å². The molecule has 5 heteroatoms. The molecule has 0 fully saturated rings. The molecule has 3 aromatic rings. The molecule has 0 unspecified atom stereocenters. The maximum Gasteiger partial charge on any atom is 0.101 e. The van der Waals surface area contributed by atoms with Crippen molar-refractivity contribution in [2.24, 2.45) is 0 Å². The molecule has 1 aliphatic rings. The first-order valence-corrected chi connectivity index (χ1v) is 9.22. The summed E-state index contributed by atoms with van der Waals surface area (Å²) in [4.78, 5) is 4.61. The Morgan fingerprint density at radius 3 is 2.44 bits per heavy atom. The van der Waals surface area contributed by atoms with Gasteiger partial charge in [0.15, 0.2) is 0 Å². The third-order valence-electron chi connectivity index (χ3n) is 4.29. The topological polar surface area (TPSA) is 41.1 Å². The highest BCUT2D eigenvalue weighted by molar-refractivity contribution is 7.99. The number of hydrogen-bond donors (Lipinski definition) is 1. The summed E-state index contributed by atoms with van der Waals surface area (Å²) in [6.45, 7) is 2.15. The Morgan fingerprint density at radius 2 is 1.68 bits per heavy atom. The highest BCUT2D eigenvalue weighted by atomic mass is 32.2. The van der Waals surface area contributed by atoms with Crippen LogP contribution >= 0.6 is 11.8 Å². The highest BCUT2D eigenvalue weighted by Crippen LogP contribution is 2.47. The fraction of sp³-hybridized carbons (Fsp3) is 0.250. The maximum absolute atomic E-state index is 5.88. The number of benzene rings is 2. The van der Waals surface area contributed by atoms with Gasteiger partial charge in [0.25, 0.3) is 0 Å². The second-order valence-electron chi connectivity index (χ2n) is 6.38. The van der Waals surface area contributed by atoms with E-state index in [2.05, 4.69) is 77.7 Å². The predicted octanol–water partition coefficient (Wildman–Crippen LogP) is 4.29. The quantitative estimate of drug-likeness (QED) is 0.545. The van der Waals surface area contributed by atoms with Crippen LogP contribution in [0.5, 0.6) is 0 Å². The van der Waals surface area contributed by atoms with Crippen molar-refractivity contribution >= 4 is 11.8 Å². The molecule has 2 heterocycles. The van der Waals surface area contributed by atoms with Gasteiger partial charge in [-0.3, -0.25) is 5.10 Å². The molecule has 1 aliphatic heterocycles. The van der Waals surface area contributed by atoms with E-state index in [1.807, 2.05) is 0 Å². The highest BCUT2D eigenvalue weighted by Gasteiger charge is 2.24. The number of aromatic nitrogens is 2. The van der Waals surface area contributed by atoms with E-state index in [1.54, 1.807) is 11.8 Å². The van der Waals surface area contributed by atoms with E-state index in [4.69, 9.17) is 4.74 Å². The van der Waals surface area contributed by atoms with Crippen molar-refractivity contribution in [3.8, 4) is 22.4 Å². The number of aromatic amines is 1. The van der Waals surface area contributed by atoms with Crippen LogP contribution in [0, 0.1) is 0 Å². The second-order valence-corrected chi connectivity index (χ2v) is 7.46. The normalized spacial score (nSPS) is 12.4. The molecule has 0 bridgehead atoms. The number of hydrogen-bond acceptors (Lipinski definition) is 4. The average Bonchev–Trinajstić information content (AvgIpc) is 2.97. The molecule has 0 aliphatic carbocycles. The summed E-state index contributed by atoms with van der Waals surface area (Å²) >= 11 is 1.80. The van der Waals surface area contributed by atoms with Crippen LogP contribution in [0.4, 0.5) is 0 Å². The Balaban J connectivity index is 1.75. The van der Waals surface area contributed by atoms with Crippen LogP contribution < -0.4 is 0 Å². The first-order chi connectivity index (χ1) is 12.2. The zero-order valence-electron chi connectivity index (χ0n) is 14.5. The average molecular weight is 351 g/mol. The molecule has 0 saturated carbocycles. The number of rotatable bonds is 5. The fourth-order valence-corrected chi connectivity index (χ4v) is 4.11. The number of likely N-dealkylation sites (N-methyl/N-ethyl adjacent to an activating group) is 1. The lowest BCUT2D eigenvalue weighted by molar-refractivity contribution is 0.103. The number of nitrogens with zero attached hydrogens (tertiary/aromatic N) is 2. The minimum Gasteiger partial charge on any atom is -0.374 e. The van der Waals surface area contributed by atoms with Gasteiger partial charge in [-0.1, -0.05) is 48.2 Å². The molecule has 25 heavy (non-hydrogen) atoms. The zero-order chi connectivity index (χ0) is 17.2. The van der Waals surface area contributed by atoms with Crippen molar-refractivity contribution in [1.82, 2.24) is 15.1 Å². The van der Waals surface area contributed by atoms with E-state index in [9.17, 15) is 0 Å². The molecule has 4 rings (SSSR count). The van der Waals surface area contributed by atoms with Crippen LogP contribution in [-0.4, -0.2) is 42.3 Å². The lowest BCUT2D eigenvalue weighted by atomic mass is 9.99. The van der Waals surface area contributed by atoms with Crippen LogP contribution in [-0.2, 0) is 11.3 Å².